The Kier molecular flexibility index (Phi) is 3.74. The molecular formula is C18H16N2O2. The van der Waals surface area contributed by atoms with Crippen LogP contribution in [0.3, 0.4) is 0 Å². The fraction of sp³-hybridized carbons (Fsp3) is 0.111. The zero-order valence-electron chi connectivity index (χ0n) is 12.2. The van der Waals surface area contributed by atoms with E-state index in [0.29, 0.717) is 12.1 Å². The minimum absolute atomic E-state index is 0.361. The molecule has 110 valence electrons. The summed E-state index contributed by atoms with van der Waals surface area (Å²) >= 11 is 0. The first-order valence-electron chi connectivity index (χ1n) is 7.04. The summed E-state index contributed by atoms with van der Waals surface area (Å²) < 4.78 is 1.97. The molecule has 0 aliphatic rings. The Bertz CT molecular complexity index is 793. The summed E-state index contributed by atoms with van der Waals surface area (Å²) in [6.07, 6.45) is 5.39. The van der Waals surface area contributed by atoms with Crippen molar-refractivity contribution in [2.24, 2.45) is 0 Å². The molecule has 0 bridgehead atoms. The number of carboxylic acid groups (broad SMARTS) is 1. The first kappa shape index (κ1) is 14.1. The molecule has 2 heterocycles. The molecule has 0 aliphatic heterocycles. The summed E-state index contributed by atoms with van der Waals surface area (Å²) in [5, 5.41) is 9.56. The number of carbonyl (C=O) groups is 1. The van der Waals surface area contributed by atoms with Gasteiger partial charge in [0.2, 0.25) is 0 Å². The molecule has 0 spiro atoms. The number of benzene rings is 1. The quantitative estimate of drug-likeness (QED) is 0.799. The number of aromatic nitrogens is 2. The highest BCUT2D eigenvalue weighted by Crippen LogP contribution is 2.28. The molecule has 0 saturated heterocycles. The van der Waals surface area contributed by atoms with Crippen molar-refractivity contribution in [1.29, 1.82) is 0 Å². The zero-order valence-corrected chi connectivity index (χ0v) is 12.2. The lowest BCUT2D eigenvalue weighted by Crippen LogP contribution is -2.04. The highest BCUT2D eigenvalue weighted by atomic mass is 16.4. The number of hydrogen-bond donors (Lipinski definition) is 1. The number of pyridine rings is 1. The van der Waals surface area contributed by atoms with Gasteiger partial charge in [0.15, 0.2) is 0 Å². The van der Waals surface area contributed by atoms with Gasteiger partial charge in [0, 0.05) is 36.4 Å². The van der Waals surface area contributed by atoms with Crippen molar-refractivity contribution < 1.29 is 9.90 Å². The second-order valence-electron chi connectivity index (χ2n) is 5.16. The highest BCUT2D eigenvalue weighted by Gasteiger charge is 2.19. The van der Waals surface area contributed by atoms with Gasteiger partial charge < -0.3 is 9.67 Å². The van der Waals surface area contributed by atoms with E-state index >= 15 is 0 Å². The topological polar surface area (TPSA) is 55.1 Å². The lowest BCUT2D eigenvalue weighted by molar-refractivity contribution is 0.0697. The maximum atomic E-state index is 11.7. The van der Waals surface area contributed by atoms with E-state index in [9.17, 15) is 9.90 Å². The highest BCUT2D eigenvalue weighted by molar-refractivity contribution is 5.97. The first-order chi connectivity index (χ1) is 10.7. The predicted molar refractivity (Wildman–Crippen MR) is 84.9 cm³/mol. The molecule has 2 aromatic heterocycles. The third kappa shape index (κ3) is 2.63. The van der Waals surface area contributed by atoms with Gasteiger partial charge in [-0.3, -0.25) is 4.98 Å². The molecule has 0 unspecified atom stereocenters. The third-order valence-corrected chi connectivity index (χ3v) is 3.75. The van der Waals surface area contributed by atoms with Gasteiger partial charge in [-0.1, -0.05) is 30.3 Å². The molecule has 0 radical (unpaired) electrons. The van der Waals surface area contributed by atoms with Gasteiger partial charge in [0.1, 0.15) is 0 Å². The first-order valence-corrected chi connectivity index (χ1v) is 7.04. The van der Waals surface area contributed by atoms with Crippen LogP contribution in [0.5, 0.6) is 0 Å². The van der Waals surface area contributed by atoms with Crippen molar-refractivity contribution >= 4 is 5.97 Å². The molecule has 0 aliphatic carbocycles. The van der Waals surface area contributed by atoms with Crippen LogP contribution in [-0.2, 0) is 6.54 Å². The van der Waals surface area contributed by atoms with E-state index in [4.69, 9.17) is 0 Å². The Morgan fingerprint density at radius 1 is 1.14 bits per heavy atom. The van der Waals surface area contributed by atoms with Crippen molar-refractivity contribution in [1.82, 2.24) is 9.55 Å². The molecule has 22 heavy (non-hydrogen) atoms. The number of aromatic carboxylic acids is 1. The van der Waals surface area contributed by atoms with Crippen LogP contribution < -0.4 is 0 Å². The molecule has 0 amide bonds. The van der Waals surface area contributed by atoms with Gasteiger partial charge in [-0.25, -0.2) is 4.79 Å². The standard InChI is InChI=1S/C18H16N2O2/c1-13-17(18(21)22)16(15-5-3-2-4-6-15)12-20(13)11-14-7-9-19-10-8-14/h2-10,12H,11H2,1H3,(H,21,22). The van der Waals surface area contributed by atoms with Crippen LogP contribution in [-0.4, -0.2) is 20.6 Å². The Morgan fingerprint density at radius 2 is 1.82 bits per heavy atom. The smallest absolute Gasteiger partial charge is 0.338 e. The van der Waals surface area contributed by atoms with Crippen LogP contribution >= 0.6 is 0 Å². The molecule has 4 nitrogen and oxygen atoms in total. The number of carboxylic acids is 1. The van der Waals surface area contributed by atoms with Crippen molar-refractivity contribution in [2.45, 2.75) is 13.5 Å². The van der Waals surface area contributed by atoms with Gasteiger partial charge in [0.25, 0.3) is 0 Å². The molecule has 1 aromatic carbocycles. The van der Waals surface area contributed by atoms with Crippen molar-refractivity contribution in [2.75, 3.05) is 0 Å². The summed E-state index contributed by atoms with van der Waals surface area (Å²) in [5.74, 6) is -0.898. The van der Waals surface area contributed by atoms with Gasteiger partial charge in [0.05, 0.1) is 5.56 Å². The fourth-order valence-corrected chi connectivity index (χ4v) is 2.61. The summed E-state index contributed by atoms with van der Waals surface area (Å²) in [6, 6.07) is 13.5. The maximum absolute atomic E-state index is 11.7. The Morgan fingerprint density at radius 3 is 2.45 bits per heavy atom. The summed E-state index contributed by atoms with van der Waals surface area (Å²) in [6.45, 7) is 2.47. The number of nitrogens with zero attached hydrogens (tertiary/aromatic N) is 2. The molecule has 3 rings (SSSR count). The average Bonchev–Trinajstić information content (AvgIpc) is 2.86. The molecule has 0 fully saturated rings. The van der Waals surface area contributed by atoms with Gasteiger partial charge >= 0.3 is 5.97 Å². The summed E-state index contributed by atoms with van der Waals surface area (Å²) in [7, 11) is 0. The maximum Gasteiger partial charge on any atom is 0.338 e. The van der Waals surface area contributed by atoms with Crippen LogP contribution in [0.2, 0.25) is 0 Å². The van der Waals surface area contributed by atoms with E-state index in [-0.39, 0.29) is 0 Å². The monoisotopic (exact) mass is 292 g/mol. The summed E-state index contributed by atoms with van der Waals surface area (Å²) in [4.78, 5) is 15.7. The van der Waals surface area contributed by atoms with Crippen LogP contribution in [0.15, 0.2) is 61.1 Å². The lowest BCUT2D eigenvalue weighted by Gasteiger charge is -2.06. The van der Waals surface area contributed by atoms with Gasteiger partial charge in [-0.15, -0.1) is 0 Å². The number of hydrogen-bond acceptors (Lipinski definition) is 2. The van der Waals surface area contributed by atoms with Crippen LogP contribution in [0.25, 0.3) is 11.1 Å². The van der Waals surface area contributed by atoms with Crippen LogP contribution in [0.4, 0.5) is 0 Å². The Hall–Kier alpha value is -2.88. The zero-order chi connectivity index (χ0) is 15.5. The summed E-state index contributed by atoms with van der Waals surface area (Å²) in [5.41, 5.74) is 3.87. The molecular weight excluding hydrogens is 276 g/mol. The lowest BCUT2D eigenvalue weighted by atomic mass is 10.0. The molecule has 3 aromatic rings. The fourth-order valence-electron chi connectivity index (χ4n) is 2.61. The third-order valence-electron chi connectivity index (χ3n) is 3.75. The van der Waals surface area contributed by atoms with Crippen LogP contribution in [0.1, 0.15) is 21.6 Å². The van der Waals surface area contributed by atoms with E-state index in [1.807, 2.05) is 60.2 Å². The minimum Gasteiger partial charge on any atom is -0.478 e. The predicted octanol–water partition coefficient (Wildman–Crippen LogP) is 3.61. The largest absolute Gasteiger partial charge is 0.478 e. The van der Waals surface area contributed by atoms with E-state index in [1.165, 1.54) is 0 Å². The van der Waals surface area contributed by atoms with E-state index in [0.717, 1.165) is 22.4 Å². The van der Waals surface area contributed by atoms with Crippen molar-refractivity contribution in [3.63, 3.8) is 0 Å². The normalized spacial score (nSPS) is 10.6. The second kappa shape index (κ2) is 5.85. The SMILES string of the molecule is Cc1c(C(=O)O)c(-c2ccccc2)cn1Cc1ccncc1. The van der Waals surface area contributed by atoms with Gasteiger partial charge in [-0.05, 0) is 30.2 Å². The van der Waals surface area contributed by atoms with Crippen LogP contribution in [0, 0.1) is 6.92 Å². The van der Waals surface area contributed by atoms with Gasteiger partial charge in [-0.2, -0.15) is 0 Å². The minimum atomic E-state index is -0.898. The molecule has 4 heteroatoms. The molecule has 1 N–H and O–H groups in total. The van der Waals surface area contributed by atoms with Crippen molar-refractivity contribution in [3.8, 4) is 11.1 Å². The van der Waals surface area contributed by atoms with Crippen molar-refractivity contribution in [3.05, 3.63) is 77.9 Å². The number of rotatable bonds is 4. The Balaban J connectivity index is 2.08. The van der Waals surface area contributed by atoms with E-state index in [2.05, 4.69) is 4.98 Å². The molecule has 0 atom stereocenters. The second-order valence-corrected chi connectivity index (χ2v) is 5.16. The van der Waals surface area contributed by atoms with E-state index in [1.54, 1.807) is 12.4 Å². The molecule has 0 saturated carbocycles. The van der Waals surface area contributed by atoms with E-state index < -0.39 is 5.97 Å². The average molecular weight is 292 g/mol. The Labute approximate surface area is 128 Å².